The maximum Gasteiger partial charge on any atom is 0.403 e. The molecule has 2 aromatic rings. The molecule has 0 bridgehead atoms. The Bertz CT molecular complexity index is 716. The Morgan fingerprint density at radius 2 is 1.48 bits per heavy atom. The topological polar surface area (TPSA) is 33.3 Å². The lowest BCUT2D eigenvalue weighted by Gasteiger charge is -2.32. The zero-order valence-electron chi connectivity index (χ0n) is 15.4. The van der Waals surface area contributed by atoms with E-state index in [1.807, 2.05) is 55.6 Å². The predicted molar refractivity (Wildman–Crippen MR) is 100 cm³/mol. The Morgan fingerprint density at radius 3 is 2.04 bits per heavy atom. The molecule has 27 heavy (non-hydrogen) atoms. The molecule has 2 aromatic carbocycles. The van der Waals surface area contributed by atoms with Gasteiger partial charge in [0.25, 0.3) is 0 Å². The summed E-state index contributed by atoms with van der Waals surface area (Å²) in [6.45, 7) is -0.258. The van der Waals surface area contributed by atoms with E-state index < -0.39 is 18.3 Å². The third-order valence-corrected chi connectivity index (χ3v) is 4.99. The number of benzene rings is 2. The first kappa shape index (κ1) is 19.9. The molecular formula is C21H25F3N2O. The molecule has 1 aliphatic carbocycles. The Labute approximate surface area is 157 Å². The highest BCUT2D eigenvalue weighted by molar-refractivity contribution is 5.80. The molecule has 0 saturated carbocycles. The molecular weight excluding hydrogens is 353 g/mol. The number of hydrogen-bond donors (Lipinski definition) is 2. The second-order valence-corrected chi connectivity index (χ2v) is 6.87. The molecule has 3 rings (SSSR count). The summed E-state index contributed by atoms with van der Waals surface area (Å²) in [5, 5.41) is 3.12. The molecule has 3 nitrogen and oxygen atoms in total. The first-order chi connectivity index (χ1) is 13.0. The second kappa shape index (κ2) is 8.42. The third-order valence-electron chi connectivity index (χ3n) is 4.99. The summed E-state index contributed by atoms with van der Waals surface area (Å²) in [6, 6.07) is 15.6. The van der Waals surface area contributed by atoms with Gasteiger partial charge in [0, 0.05) is 0 Å². The van der Waals surface area contributed by atoms with E-state index in [-0.39, 0.29) is 0 Å². The van der Waals surface area contributed by atoms with Crippen molar-refractivity contribution in [3.8, 4) is 11.1 Å². The van der Waals surface area contributed by atoms with Crippen molar-refractivity contribution in [2.75, 3.05) is 20.1 Å². The largest absolute Gasteiger partial charge is 0.403 e. The summed E-state index contributed by atoms with van der Waals surface area (Å²) in [5.74, 6) is 0. The summed E-state index contributed by atoms with van der Waals surface area (Å²) < 4.78 is 38.1. The van der Waals surface area contributed by atoms with Crippen molar-refractivity contribution in [1.29, 1.82) is 0 Å². The minimum absolute atomic E-state index is 0.621. The highest BCUT2D eigenvalue weighted by Gasteiger charge is 2.44. The van der Waals surface area contributed by atoms with Crippen LogP contribution in [0, 0.1) is 0 Å². The van der Waals surface area contributed by atoms with Crippen molar-refractivity contribution in [1.82, 2.24) is 10.8 Å². The van der Waals surface area contributed by atoms with Crippen LogP contribution in [0.2, 0.25) is 0 Å². The van der Waals surface area contributed by atoms with E-state index in [1.165, 1.54) is 0 Å². The van der Waals surface area contributed by atoms with Gasteiger partial charge >= 0.3 is 6.18 Å². The van der Waals surface area contributed by atoms with Gasteiger partial charge in [-0.15, -0.1) is 0 Å². The van der Waals surface area contributed by atoms with Crippen LogP contribution in [-0.4, -0.2) is 26.3 Å². The molecule has 0 amide bonds. The Morgan fingerprint density at radius 1 is 0.889 bits per heavy atom. The first-order valence-corrected chi connectivity index (χ1v) is 9.29. The lowest BCUT2D eigenvalue weighted by atomic mass is 9.86. The number of halogens is 3. The van der Waals surface area contributed by atoms with E-state index in [0.717, 1.165) is 48.1 Å². The molecule has 0 radical (unpaired) electrons. The van der Waals surface area contributed by atoms with Gasteiger partial charge in [-0.2, -0.15) is 18.7 Å². The van der Waals surface area contributed by atoms with Crippen LogP contribution in [0.15, 0.2) is 48.5 Å². The molecule has 0 saturated heterocycles. The van der Waals surface area contributed by atoms with Gasteiger partial charge < -0.3 is 5.32 Å². The van der Waals surface area contributed by atoms with Crippen LogP contribution in [0.4, 0.5) is 13.2 Å². The van der Waals surface area contributed by atoms with Gasteiger partial charge in [0.05, 0.1) is 0 Å². The zero-order chi connectivity index (χ0) is 19.3. The number of hydroxylamine groups is 1. The van der Waals surface area contributed by atoms with Crippen molar-refractivity contribution in [2.45, 2.75) is 37.5 Å². The molecule has 146 valence electrons. The van der Waals surface area contributed by atoms with Crippen LogP contribution in [-0.2, 0) is 10.4 Å². The third kappa shape index (κ3) is 4.34. The van der Waals surface area contributed by atoms with Crippen molar-refractivity contribution < 1.29 is 18.0 Å². The normalized spacial score (nSPS) is 14.8. The van der Waals surface area contributed by atoms with Gasteiger partial charge in [0.1, 0.15) is 12.1 Å². The summed E-state index contributed by atoms with van der Waals surface area (Å²) in [7, 11) is 1.91. The molecule has 0 aliphatic heterocycles. The SMILES string of the molecule is CNCCCCCC1(ONCC(F)(F)F)c2ccccc2-c2ccccc21. The average molecular weight is 378 g/mol. The van der Waals surface area contributed by atoms with E-state index >= 15 is 0 Å². The molecule has 0 fully saturated rings. The zero-order valence-corrected chi connectivity index (χ0v) is 15.4. The van der Waals surface area contributed by atoms with Gasteiger partial charge in [-0.05, 0) is 55.1 Å². The Kier molecular flexibility index (Phi) is 6.19. The highest BCUT2D eigenvalue weighted by Crippen LogP contribution is 2.51. The number of alkyl halides is 3. The molecule has 0 unspecified atom stereocenters. The highest BCUT2D eigenvalue weighted by atomic mass is 19.4. The van der Waals surface area contributed by atoms with Crippen LogP contribution >= 0.6 is 0 Å². The second-order valence-electron chi connectivity index (χ2n) is 6.87. The minimum atomic E-state index is -4.33. The lowest BCUT2D eigenvalue weighted by molar-refractivity contribution is -0.173. The lowest BCUT2D eigenvalue weighted by Crippen LogP contribution is -2.39. The molecule has 0 atom stereocenters. The maximum atomic E-state index is 12.7. The van der Waals surface area contributed by atoms with Crippen molar-refractivity contribution in [2.24, 2.45) is 0 Å². The van der Waals surface area contributed by atoms with Crippen LogP contribution in [0.1, 0.15) is 36.8 Å². The van der Waals surface area contributed by atoms with Crippen molar-refractivity contribution in [3.05, 3.63) is 59.7 Å². The maximum absolute atomic E-state index is 12.7. The van der Waals surface area contributed by atoms with E-state index in [1.54, 1.807) is 0 Å². The van der Waals surface area contributed by atoms with Crippen LogP contribution < -0.4 is 10.8 Å². The molecule has 0 spiro atoms. The fourth-order valence-electron chi connectivity index (χ4n) is 3.81. The number of rotatable bonds is 9. The van der Waals surface area contributed by atoms with E-state index in [4.69, 9.17) is 4.84 Å². The fourth-order valence-corrected chi connectivity index (χ4v) is 3.81. The van der Waals surface area contributed by atoms with Gasteiger partial charge in [-0.3, -0.25) is 4.84 Å². The van der Waals surface area contributed by atoms with Gasteiger partial charge in [0.15, 0.2) is 0 Å². The predicted octanol–water partition coefficient (Wildman–Crippen LogP) is 4.77. The Balaban J connectivity index is 1.91. The van der Waals surface area contributed by atoms with Crippen LogP contribution in [0.3, 0.4) is 0 Å². The smallest absolute Gasteiger partial charge is 0.320 e. The average Bonchev–Trinajstić information content (AvgIpc) is 2.92. The standard InChI is InChI=1S/C21H25F3N2O/c1-25-14-8-2-7-13-20(27-26-15-21(22,23)24)18-11-5-3-9-16(18)17-10-4-6-12-19(17)20/h3-6,9-12,25-26H,2,7-8,13-15H2,1H3. The minimum Gasteiger partial charge on any atom is -0.320 e. The van der Waals surface area contributed by atoms with Gasteiger partial charge in [0.2, 0.25) is 0 Å². The van der Waals surface area contributed by atoms with Crippen LogP contribution in [0.25, 0.3) is 11.1 Å². The van der Waals surface area contributed by atoms with Crippen molar-refractivity contribution in [3.63, 3.8) is 0 Å². The Hall–Kier alpha value is -1.89. The molecule has 0 aromatic heterocycles. The molecule has 2 N–H and O–H groups in total. The summed E-state index contributed by atoms with van der Waals surface area (Å²) in [4.78, 5) is 5.84. The number of unbranched alkanes of at least 4 members (excludes halogenated alkanes) is 2. The number of fused-ring (bicyclic) bond motifs is 3. The monoisotopic (exact) mass is 378 g/mol. The van der Waals surface area contributed by atoms with Crippen LogP contribution in [0.5, 0.6) is 0 Å². The number of nitrogens with one attached hydrogen (secondary N) is 2. The van der Waals surface area contributed by atoms with E-state index in [0.29, 0.717) is 6.42 Å². The first-order valence-electron chi connectivity index (χ1n) is 9.29. The number of hydrogen-bond acceptors (Lipinski definition) is 3. The fraction of sp³-hybridized carbons (Fsp3) is 0.429. The summed E-state index contributed by atoms with van der Waals surface area (Å²) >= 11 is 0. The van der Waals surface area contributed by atoms with E-state index in [9.17, 15) is 13.2 Å². The quantitative estimate of drug-likeness (QED) is 0.487. The van der Waals surface area contributed by atoms with E-state index in [2.05, 4.69) is 10.8 Å². The molecule has 0 heterocycles. The van der Waals surface area contributed by atoms with Crippen molar-refractivity contribution >= 4 is 0 Å². The summed E-state index contributed by atoms with van der Waals surface area (Å²) in [5.41, 5.74) is 5.20. The molecule has 1 aliphatic rings. The molecule has 6 heteroatoms. The summed E-state index contributed by atoms with van der Waals surface area (Å²) in [6.07, 6.45) is -0.847. The van der Waals surface area contributed by atoms with Gasteiger partial charge in [-0.1, -0.05) is 55.0 Å². The van der Waals surface area contributed by atoms with Gasteiger partial charge in [-0.25, -0.2) is 0 Å².